The summed E-state index contributed by atoms with van der Waals surface area (Å²) in [5.41, 5.74) is 2.01. The van der Waals surface area contributed by atoms with Gasteiger partial charge in [0.25, 0.3) is 0 Å². The van der Waals surface area contributed by atoms with Gasteiger partial charge in [-0.05, 0) is 29.8 Å². The van der Waals surface area contributed by atoms with Crippen molar-refractivity contribution in [3.05, 3.63) is 66.3 Å². The van der Waals surface area contributed by atoms with Crippen molar-refractivity contribution in [2.24, 2.45) is 0 Å². The molecule has 0 aliphatic carbocycles. The van der Waals surface area contributed by atoms with Gasteiger partial charge in [-0.15, -0.1) is 0 Å². The SMILES string of the molecule is O=C(/C=C/c1cccnc1)N1CCN(Cc2ccccn2)CC1. The molecule has 0 saturated carbocycles. The fourth-order valence-electron chi connectivity index (χ4n) is 2.59. The van der Waals surface area contributed by atoms with Crippen LogP contribution in [-0.2, 0) is 11.3 Å². The van der Waals surface area contributed by atoms with Gasteiger partial charge in [0.05, 0.1) is 5.69 Å². The molecule has 0 radical (unpaired) electrons. The molecule has 1 saturated heterocycles. The molecule has 0 spiro atoms. The number of amides is 1. The lowest BCUT2D eigenvalue weighted by molar-refractivity contribution is -0.127. The van der Waals surface area contributed by atoms with E-state index in [0.717, 1.165) is 44.0 Å². The number of piperazine rings is 1. The largest absolute Gasteiger partial charge is 0.337 e. The molecule has 3 rings (SSSR count). The summed E-state index contributed by atoms with van der Waals surface area (Å²) in [7, 11) is 0. The van der Waals surface area contributed by atoms with Gasteiger partial charge in [-0.1, -0.05) is 12.1 Å². The van der Waals surface area contributed by atoms with E-state index in [-0.39, 0.29) is 5.91 Å². The second-order valence-electron chi connectivity index (χ2n) is 5.54. The number of hydrogen-bond donors (Lipinski definition) is 0. The van der Waals surface area contributed by atoms with Gasteiger partial charge >= 0.3 is 0 Å². The Balaban J connectivity index is 1.48. The Bertz CT molecular complexity index is 649. The molecular weight excluding hydrogens is 288 g/mol. The van der Waals surface area contributed by atoms with Crippen molar-refractivity contribution in [1.82, 2.24) is 19.8 Å². The fourth-order valence-corrected chi connectivity index (χ4v) is 2.59. The molecule has 0 bridgehead atoms. The average Bonchev–Trinajstić information content (AvgIpc) is 2.62. The van der Waals surface area contributed by atoms with E-state index in [2.05, 4.69) is 14.9 Å². The first-order valence-corrected chi connectivity index (χ1v) is 7.80. The van der Waals surface area contributed by atoms with E-state index in [4.69, 9.17) is 0 Å². The van der Waals surface area contributed by atoms with Crippen molar-refractivity contribution in [1.29, 1.82) is 0 Å². The summed E-state index contributed by atoms with van der Waals surface area (Å²) < 4.78 is 0. The van der Waals surface area contributed by atoms with Gasteiger partial charge in [0, 0.05) is 57.4 Å². The molecule has 0 atom stereocenters. The quantitative estimate of drug-likeness (QED) is 0.809. The van der Waals surface area contributed by atoms with Crippen LogP contribution in [0.25, 0.3) is 6.08 Å². The summed E-state index contributed by atoms with van der Waals surface area (Å²) in [6.07, 6.45) is 8.73. The van der Waals surface area contributed by atoms with E-state index in [1.54, 1.807) is 18.5 Å². The third-order valence-corrected chi connectivity index (χ3v) is 3.90. The van der Waals surface area contributed by atoms with E-state index in [1.807, 2.05) is 47.5 Å². The maximum absolute atomic E-state index is 12.2. The summed E-state index contributed by atoms with van der Waals surface area (Å²) in [5.74, 6) is 0.0614. The highest BCUT2D eigenvalue weighted by Crippen LogP contribution is 2.08. The molecule has 5 heteroatoms. The van der Waals surface area contributed by atoms with Crippen molar-refractivity contribution >= 4 is 12.0 Å². The van der Waals surface area contributed by atoms with Crippen molar-refractivity contribution in [2.75, 3.05) is 26.2 Å². The van der Waals surface area contributed by atoms with Crippen LogP contribution in [0.5, 0.6) is 0 Å². The summed E-state index contributed by atoms with van der Waals surface area (Å²) in [6, 6.07) is 9.76. The van der Waals surface area contributed by atoms with Crippen molar-refractivity contribution in [3.63, 3.8) is 0 Å². The fraction of sp³-hybridized carbons (Fsp3) is 0.278. The molecule has 0 N–H and O–H groups in total. The van der Waals surface area contributed by atoms with E-state index in [9.17, 15) is 4.79 Å². The van der Waals surface area contributed by atoms with Crippen LogP contribution in [0.3, 0.4) is 0 Å². The van der Waals surface area contributed by atoms with Crippen LogP contribution >= 0.6 is 0 Å². The second-order valence-corrected chi connectivity index (χ2v) is 5.54. The monoisotopic (exact) mass is 308 g/mol. The number of rotatable bonds is 4. The molecule has 1 amide bonds. The lowest BCUT2D eigenvalue weighted by atomic mass is 10.2. The molecule has 1 fully saturated rings. The standard InChI is InChI=1S/C18H20N4O/c23-18(7-6-16-4-3-8-19-14-16)22-12-10-21(11-13-22)15-17-5-1-2-9-20-17/h1-9,14H,10-13,15H2/b7-6+. The maximum Gasteiger partial charge on any atom is 0.246 e. The van der Waals surface area contributed by atoms with E-state index in [0.29, 0.717) is 0 Å². The molecule has 2 aromatic heterocycles. The molecule has 118 valence electrons. The highest BCUT2D eigenvalue weighted by Gasteiger charge is 2.19. The first kappa shape index (κ1) is 15.4. The molecule has 0 unspecified atom stereocenters. The van der Waals surface area contributed by atoms with Crippen LogP contribution in [0.2, 0.25) is 0 Å². The van der Waals surface area contributed by atoms with Gasteiger partial charge in [0.1, 0.15) is 0 Å². The third-order valence-electron chi connectivity index (χ3n) is 3.90. The van der Waals surface area contributed by atoms with E-state index < -0.39 is 0 Å². The normalized spacial score (nSPS) is 15.9. The second kappa shape index (κ2) is 7.65. The van der Waals surface area contributed by atoms with Gasteiger partial charge in [-0.2, -0.15) is 0 Å². The predicted octanol–water partition coefficient (Wildman–Crippen LogP) is 1.83. The van der Waals surface area contributed by atoms with Gasteiger partial charge in [-0.3, -0.25) is 19.7 Å². The lowest BCUT2D eigenvalue weighted by Crippen LogP contribution is -2.47. The van der Waals surface area contributed by atoms with E-state index in [1.165, 1.54) is 0 Å². The Morgan fingerprint density at radius 1 is 1.09 bits per heavy atom. The molecule has 5 nitrogen and oxygen atoms in total. The zero-order valence-electron chi connectivity index (χ0n) is 13.0. The van der Waals surface area contributed by atoms with Crippen molar-refractivity contribution < 1.29 is 4.79 Å². The Morgan fingerprint density at radius 2 is 1.96 bits per heavy atom. The number of pyridine rings is 2. The smallest absolute Gasteiger partial charge is 0.246 e. The van der Waals surface area contributed by atoms with E-state index >= 15 is 0 Å². The summed E-state index contributed by atoms with van der Waals surface area (Å²) in [6.45, 7) is 4.10. The first-order chi connectivity index (χ1) is 11.3. The van der Waals surface area contributed by atoms with Gasteiger partial charge in [-0.25, -0.2) is 0 Å². The number of nitrogens with zero attached hydrogens (tertiary/aromatic N) is 4. The molecular formula is C18H20N4O. The van der Waals surface area contributed by atoms with Crippen molar-refractivity contribution in [2.45, 2.75) is 6.54 Å². The Hall–Kier alpha value is -2.53. The van der Waals surface area contributed by atoms with Crippen LogP contribution in [0, 0.1) is 0 Å². The minimum absolute atomic E-state index is 0.0614. The molecule has 2 aromatic rings. The molecule has 0 aromatic carbocycles. The predicted molar refractivity (Wildman–Crippen MR) is 89.4 cm³/mol. The first-order valence-electron chi connectivity index (χ1n) is 7.80. The Kier molecular flexibility index (Phi) is 5.11. The maximum atomic E-state index is 12.2. The lowest BCUT2D eigenvalue weighted by Gasteiger charge is -2.34. The zero-order valence-corrected chi connectivity index (χ0v) is 13.0. The van der Waals surface area contributed by atoms with Crippen LogP contribution in [0.1, 0.15) is 11.3 Å². The summed E-state index contributed by atoms with van der Waals surface area (Å²) in [4.78, 5) is 24.8. The number of carbonyl (C=O) groups excluding carboxylic acids is 1. The topological polar surface area (TPSA) is 49.3 Å². The molecule has 3 heterocycles. The van der Waals surface area contributed by atoms with Crippen molar-refractivity contribution in [3.8, 4) is 0 Å². The van der Waals surface area contributed by atoms with Gasteiger partial charge < -0.3 is 4.90 Å². The van der Waals surface area contributed by atoms with Crippen LogP contribution in [-0.4, -0.2) is 51.9 Å². The molecule has 1 aliphatic heterocycles. The minimum atomic E-state index is 0.0614. The Morgan fingerprint density at radius 3 is 2.65 bits per heavy atom. The summed E-state index contributed by atoms with van der Waals surface area (Å²) in [5, 5.41) is 0. The molecule has 23 heavy (non-hydrogen) atoms. The highest BCUT2D eigenvalue weighted by molar-refractivity contribution is 5.91. The van der Waals surface area contributed by atoms with Gasteiger partial charge in [0.2, 0.25) is 5.91 Å². The minimum Gasteiger partial charge on any atom is -0.337 e. The van der Waals surface area contributed by atoms with Crippen LogP contribution in [0.4, 0.5) is 0 Å². The third kappa shape index (κ3) is 4.47. The number of carbonyl (C=O) groups is 1. The highest BCUT2D eigenvalue weighted by atomic mass is 16.2. The number of aromatic nitrogens is 2. The summed E-state index contributed by atoms with van der Waals surface area (Å²) >= 11 is 0. The zero-order chi connectivity index (χ0) is 15.9. The number of hydrogen-bond acceptors (Lipinski definition) is 4. The van der Waals surface area contributed by atoms with Gasteiger partial charge in [0.15, 0.2) is 0 Å². The van der Waals surface area contributed by atoms with Crippen LogP contribution < -0.4 is 0 Å². The average molecular weight is 308 g/mol. The molecule has 1 aliphatic rings. The Labute approximate surface area is 136 Å². The van der Waals surface area contributed by atoms with Crippen LogP contribution in [0.15, 0.2) is 55.0 Å².